The first kappa shape index (κ1) is 13.1. The molecule has 0 bridgehead atoms. The maximum Gasteiger partial charge on any atom is 0.251 e. The molecule has 2 aromatic rings. The Kier molecular flexibility index (Phi) is 3.69. The van der Waals surface area contributed by atoms with Gasteiger partial charge in [0.2, 0.25) is 0 Å². The molecule has 0 aliphatic heterocycles. The molecular formula is C15H17N3OS. The van der Waals surface area contributed by atoms with Crippen LogP contribution in [0.1, 0.15) is 29.6 Å². The first-order valence-electron chi connectivity index (χ1n) is 6.81. The molecule has 3 rings (SSSR count). The number of carbonyl (C=O) groups is 1. The molecule has 1 aliphatic carbocycles. The number of rotatable bonds is 3. The van der Waals surface area contributed by atoms with Gasteiger partial charge in [-0.2, -0.15) is 0 Å². The maximum atomic E-state index is 12.2. The summed E-state index contributed by atoms with van der Waals surface area (Å²) >= 11 is 1.41. The smallest absolute Gasteiger partial charge is 0.251 e. The summed E-state index contributed by atoms with van der Waals surface area (Å²) in [5, 5.41) is 3.55. The zero-order chi connectivity index (χ0) is 13.9. The molecule has 1 aliphatic rings. The molecule has 5 heteroatoms. The SMILES string of the molecule is Nc1nc2ccc(C(=O)NCC3CC=CCC3)cc2s1. The molecule has 0 spiro atoms. The summed E-state index contributed by atoms with van der Waals surface area (Å²) in [6.07, 6.45) is 7.74. The fourth-order valence-corrected chi connectivity index (χ4v) is 3.24. The number of thiazole rings is 1. The molecule has 4 nitrogen and oxygen atoms in total. The Morgan fingerprint density at radius 1 is 1.45 bits per heavy atom. The number of fused-ring (bicyclic) bond motifs is 1. The Bertz CT molecular complexity index is 662. The van der Waals surface area contributed by atoms with Crippen molar-refractivity contribution in [3.05, 3.63) is 35.9 Å². The molecule has 104 valence electrons. The van der Waals surface area contributed by atoms with Crippen LogP contribution in [-0.4, -0.2) is 17.4 Å². The molecule has 1 unspecified atom stereocenters. The number of nitrogens with two attached hydrogens (primary N) is 1. The second kappa shape index (κ2) is 5.63. The van der Waals surface area contributed by atoms with Crippen molar-refractivity contribution in [1.29, 1.82) is 0 Å². The van der Waals surface area contributed by atoms with E-state index < -0.39 is 0 Å². The lowest BCUT2D eigenvalue weighted by atomic mass is 9.94. The number of aromatic nitrogens is 1. The monoisotopic (exact) mass is 287 g/mol. The van der Waals surface area contributed by atoms with Gasteiger partial charge in [0.25, 0.3) is 5.91 Å². The van der Waals surface area contributed by atoms with E-state index in [1.807, 2.05) is 12.1 Å². The fraction of sp³-hybridized carbons (Fsp3) is 0.333. The van der Waals surface area contributed by atoms with Gasteiger partial charge in [-0.15, -0.1) is 0 Å². The normalized spacial score (nSPS) is 18.3. The molecule has 3 N–H and O–H groups in total. The summed E-state index contributed by atoms with van der Waals surface area (Å²) in [5.41, 5.74) is 7.20. The standard InChI is InChI=1S/C15H17N3OS/c16-15-18-12-7-6-11(8-13(12)20-15)14(19)17-9-10-4-2-1-3-5-10/h1-2,6-8,10H,3-5,9H2,(H2,16,18)(H,17,19). The highest BCUT2D eigenvalue weighted by Crippen LogP contribution is 2.24. The average molecular weight is 287 g/mol. The zero-order valence-electron chi connectivity index (χ0n) is 11.1. The van der Waals surface area contributed by atoms with Crippen molar-refractivity contribution in [2.45, 2.75) is 19.3 Å². The summed E-state index contributed by atoms with van der Waals surface area (Å²) in [7, 11) is 0. The quantitative estimate of drug-likeness (QED) is 0.853. The van der Waals surface area contributed by atoms with Crippen molar-refractivity contribution in [3.8, 4) is 0 Å². The molecule has 1 aromatic heterocycles. The first-order valence-corrected chi connectivity index (χ1v) is 7.63. The van der Waals surface area contributed by atoms with Crippen molar-refractivity contribution in [2.75, 3.05) is 12.3 Å². The second-order valence-corrected chi connectivity index (χ2v) is 6.16. The zero-order valence-corrected chi connectivity index (χ0v) is 12.0. The van der Waals surface area contributed by atoms with E-state index in [1.165, 1.54) is 11.3 Å². The summed E-state index contributed by atoms with van der Waals surface area (Å²) in [6.45, 7) is 0.742. The predicted molar refractivity (Wildman–Crippen MR) is 82.8 cm³/mol. The third kappa shape index (κ3) is 2.82. The van der Waals surface area contributed by atoms with Crippen molar-refractivity contribution in [1.82, 2.24) is 10.3 Å². The van der Waals surface area contributed by atoms with Crippen LogP contribution in [0.4, 0.5) is 5.13 Å². The molecule has 0 saturated heterocycles. The lowest BCUT2D eigenvalue weighted by Crippen LogP contribution is -2.29. The summed E-state index contributed by atoms with van der Waals surface area (Å²) in [5.74, 6) is 0.542. The van der Waals surface area contributed by atoms with E-state index >= 15 is 0 Å². The van der Waals surface area contributed by atoms with Crippen molar-refractivity contribution in [3.63, 3.8) is 0 Å². The van der Waals surface area contributed by atoms with E-state index in [0.29, 0.717) is 16.6 Å². The number of hydrogen-bond donors (Lipinski definition) is 2. The number of amides is 1. The van der Waals surface area contributed by atoms with Gasteiger partial charge in [-0.3, -0.25) is 4.79 Å². The van der Waals surface area contributed by atoms with Crippen LogP contribution >= 0.6 is 11.3 Å². The van der Waals surface area contributed by atoms with E-state index in [4.69, 9.17) is 5.73 Å². The summed E-state index contributed by atoms with van der Waals surface area (Å²) < 4.78 is 0.954. The number of anilines is 1. The van der Waals surface area contributed by atoms with Gasteiger partial charge in [0.05, 0.1) is 10.2 Å². The molecule has 20 heavy (non-hydrogen) atoms. The summed E-state index contributed by atoms with van der Waals surface area (Å²) in [4.78, 5) is 16.4. The highest BCUT2D eigenvalue weighted by molar-refractivity contribution is 7.22. The van der Waals surface area contributed by atoms with E-state index in [2.05, 4.69) is 22.5 Å². The molecule has 0 radical (unpaired) electrons. The van der Waals surface area contributed by atoms with Gasteiger partial charge < -0.3 is 11.1 Å². The number of hydrogen-bond acceptors (Lipinski definition) is 4. The molecule has 1 amide bonds. The van der Waals surface area contributed by atoms with E-state index in [-0.39, 0.29) is 5.91 Å². The van der Waals surface area contributed by atoms with E-state index in [1.54, 1.807) is 6.07 Å². The van der Waals surface area contributed by atoms with Gasteiger partial charge >= 0.3 is 0 Å². The molecule has 1 aromatic carbocycles. The molecular weight excluding hydrogens is 270 g/mol. The molecule has 0 saturated carbocycles. The number of allylic oxidation sites excluding steroid dienone is 2. The lowest BCUT2D eigenvalue weighted by molar-refractivity contribution is 0.0946. The van der Waals surface area contributed by atoms with Crippen LogP contribution in [0.15, 0.2) is 30.4 Å². The van der Waals surface area contributed by atoms with Gasteiger partial charge in [-0.05, 0) is 43.4 Å². The van der Waals surface area contributed by atoms with Gasteiger partial charge in [0, 0.05) is 12.1 Å². The van der Waals surface area contributed by atoms with E-state index in [9.17, 15) is 4.79 Å². The predicted octanol–water partition coefficient (Wildman–Crippen LogP) is 2.96. The van der Waals surface area contributed by atoms with Crippen molar-refractivity contribution in [2.24, 2.45) is 5.92 Å². The third-order valence-electron chi connectivity index (χ3n) is 3.60. The highest BCUT2D eigenvalue weighted by Gasteiger charge is 2.13. The molecule has 1 heterocycles. The molecule has 0 fully saturated rings. The third-order valence-corrected chi connectivity index (χ3v) is 4.44. The average Bonchev–Trinajstić information content (AvgIpc) is 2.85. The second-order valence-electron chi connectivity index (χ2n) is 5.10. The van der Waals surface area contributed by atoms with Gasteiger partial charge in [0.15, 0.2) is 5.13 Å². The van der Waals surface area contributed by atoms with Crippen LogP contribution in [0.5, 0.6) is 0 Å². The maximum absolute atomic E-state index is 12.2. The number of benzene rings is 1. The Hall–Kier alpha value is -1.88. The number of nitrogens with zero attached hydrogens (tertiary/aromatic N) is 1. The summed E-state index contributed by atoms with van der Waals surface area (Å²) in [6, 6.07) is 5.51. The van der Waals surface area contributed by atoms with Gasteiger partial charge in [0.1, 0.15) is 0 Å². The highest BCUT2D eigenvalue weighted by atomic mass is 32.1. The fourth-order valence-electron chi connectivity index (χ4n) is 2.46. The first-order chi connectivity index (χ1) is 9.72. The van der Waals surface area contributed by atoms with Crippen LogP contribution in [-0.2, 0) is 0 Å². The Morgan fingerprint density at radius 3 is 3.15 bits per heavy atom. The van der Waals surface area contributed by atoms with Gasteiger partial charge in [-0.1, -0.05) is 23.5 Å². The minimum absolute atomic E-state index is 0.0200. The van der Waals surface area contributed by atoms with Crippen LogP contribution < -0.4 is 11.1 Å². The minimum Gasteiger partial charge on any atom is -0.375 e. The number of carbonyl (C=O) groups excluding carboxylic acids is 1. The van der Waals surface area contributed by atoms with Gasteiger partial charge in [-0.25, -0.2) is 4.98 Å². The van der Waals surface area contributed by atoms with Crippen LogP contribution in [0, 0.1) is 5.92 Å². The van der Waals surface area contributed by atoms with Crippen molar-refractivity contribution >= 4 is 32.6 Å². The Labute approximate surface area is 121 Å². The lowest BCUT2D eigenvalue weighted by Gasteiger charge is -2.18. The largest absolute Gasteiger partial charge is 0.375 e. The van der Waals surface area contributed by atoms with Crippen LogP contribution in [0.3, 0.4) is 0 Å². The number of nitrogen functional groups attached to an aromatic ring is 1. The topological polar surface area (TPSA) is 68.0 Å². The van der Waals surface area contributed by atoms with Crippen LogP contribution in [0.2, 0.25) is 0 Å². The van der Waals surface area contributed by atoms with Crippen LogP contribution in [0.25, 0.3) is 10.2 Å². The number of nitrogens with one attached hydrogen (secondary N) is 1. The Balaban J connectivity index is 1.67. The van der Waals surface area contributed by atoms with E-state index in [0.717, 1.165) is 36.0 Å². The Morgan fingerprint density at radius 2 is 2.35 bits per heavy atom. The van der Waals surface area contributed by atoms with Crippen molar-refractivity contribution < 1.29 is 4.79 Å². The minimum atomic E-state index is -0.0200. The molecule has 1 atom stereocenters.